The van der Waals surface area contributed by atoms with E-state index in [1.807, 2.05) is 37.3 Å². The zero-order valence-corrected chi connectivity index (χ0v) is 18.0. The Kier molecular flexibility index (Phi) is 6.81. The fraction of sp³-hybridized carbons (Fsp3) is 0.174. The minimum Gasteiger partial charge on any atom is -0.365 e. The number of amides is 3. The van der Waals surface area contributed by atoms with E-state index >= 15 is 0 Å². The van der Waals surface area contributed by atoms with Crippen LogP contribution in [0.4, 0.5) is 9.39 Å². The zero-order valence-electron chi connectivity index (χ0n) is 17.1. The molecule has 3 amide bonds. The number of rotatable bonds is 7. The number of nitrogens with one attached hydrogen (secondary N) is 1. The van der Waals surface area contributed by atoms with Crippen LogP contribution in [0.15, 0.2) is 54.6 Å². The molecule has 0 saturated carbocycles. The average molecular weight is 440 g/mol. The van der Waals surface area contributed by atoms with Crippen molar-refractivity contribution in [1.29, 1.82) is 0 Å². The highest BCUT2D eigenvalue weighted by molar-refractivity contribution is 7.16. The van der Waals surface area contributed by atoms with Gasteiger partial charge in [-0.3, -0.25) is 14.4 Å². The molecule has 0 aliphatic rings. The molecule has 3 N–H and O–H groups in total. The van der Waals surface area contributed by atoms with Gasteiger partial charge in [0.2, 0.25) is 5.91 Å². The van der Waals surface area contributed by atoms with Crippen LogP contribution in [-0.2, 0) is 11.3 Å². The Balaban J connectivity index is 1.85. The first-order valence-corrected chi connectivity index (χ1v) is 10.4. The number of halogens is 1. The molecule has 6 nitrogen and oxygen atoms in total. The van der Waals surface area contributed by atoms with Gasteiger partial charge >= 0.3 is 0 Å². The second-order valence-corrected chi connectivity index (χ2v) is 8.25. The minimum atomic E-state index is -0.661. The second-order valence-electron chi connectivity index (χ2n) is 7.03. The molecule has 31 heavy (non-hydrogen) atoms. The molecule has 0 saturated heterocycles. The third-order valence-electron chi connectivity index (χ3n) is 4.83. The van der Waals surface area contributed by atoms with E-state index < -0.39 is 23.5 Å². The lowest BCUT2D eigenvalue weighted by atomic mass is 10.1. The van der Waals surface area contributed by atoms with Gasteiger partial charge in [0.25, 0.3) is 11.8 Å². The normalized spacial score (nSPS) is 10.5. The van der Waals surface area contributed by atoms with Crippen molar-refractivity contribution in [2.24, 2.45) is 5.73 Å². The average Bonchev–Trinajstić information content (AvgIpc) is 3.01. The Bertz CT molecular complexity index is 1130. The highest BCUT2D eigenvalue weighted by atomic mass is 32.1. The number of benzene rings is 2. The van der Waals surface area contributed by atoms with E-state index in [0.717, 1.165) is 10.4 Å². The third-order valence-corrected chi connectivity index (χ3v) is 5.95. The number of aryl methyl sites for hydroxylation is 1. The number of carbonyl (C=O) groups excluding carboxylic acids is 3. The Morgan fingerprint density at radius 2 is 1.68 bits per heavy atom. The van der Waals surface area contributed by atoms with E-state index in [9.17, 15) is 18.8 Å². The molecule has 1 heterocycles. The van der Waals surface area contributed by atoms with E-state index in [0.29, 0.717) is 10.6 Å². The number of thiophene rings is 1. The molecule has 8 heteroatoms. The monoisotopic (exact) mass is 439 g/mol. The Morgan fingerprint density at radius 3 is 2.32 bits per heavy atom. The summed E-state index contributed by atoms with van der Waals surface area (Å²) in [6.07, 6.45) is 0. The van der Waals surface area contributed by atoms with Gasteiger partial charge in [0.1, 0.15) is 17.4 Å². The Hall–Kier alpha value is -3.52. The Labute approximate surface area is 183 Å². The molecule has 0 radical (unpaired) electrons. The molecule has 3 aromatic rings. The van der Waals surface area contributed by atoms with Crippen LogP contribution in [0.5, 0.6) is 0 Å². The lowest BCUT2D eigenvalue weighted by Gasteiger charge is -2.22. The van der Waals surface area contributed by atoms with Crippen LogP contribution in [-0.4, -0.2) is 29.2 Å². The molecule has 0 aliphatic carbocycles. The maximum Gasteiger partial charge on any atom is 0.257 e. The molecular weight excluding hydrogens is 417 g/mol. The lowest BCUT2D eigenvalue weighted by molar-refractivity contribution is -0.117. The van der Waals surface area contributed by atoms with Gasteiger partial charge in [0, 0.05) is 11.4 Å². The maximum absolute atomic E-state index is 14.2. The Morgan fingerprint density at radius 1 is 1.03 bits per heavy atom. The van der Waals surface area contributed by atoms with Gasteiger partial charge in [-0.1, -0.05) is 42.5 Å². The molecule has 0 spiro atoms. The van der Waals surface area contributed by atoms with Gasteiger partial charge in [-0.15, -0.1) is 11.3 Å². The quantitative estimate of drug-likeness (QED) is 0.585. The smallest absolute Gasteiger partial charge is 0.257 e. The van der Waals surface area contributed by atoms with Crippen LogP contribution in [0.1, 0.15) is 36.7 Å². The van der Waals surface area contributed by atoms with Crippen LogP contribution >= 0.6 is 11.3 Å². The number of primary amides is 1. The molecule has 1 aromatic heterocycles. The summed E-state index contributed by atoms with van der Waals surface area (Å²) in [5, 5.41) is 3.02. The molecule has 0 atom stereocenters. The number of nitrogens with zero attached hydrogens (tertiary/aromatic N) is 1. The van der Waals surface area contributed by atoms with Crippen LogP contribution in [0.2, 0.25) is 0 Å². The summed E-state index contributed by atoms with van der Waals surface area (Å²) in [4.78, 5) is 39.7. The van der Waals surface area contributed by atoms with Crippen LogP contribution in [0.3, 0.4) is 0 Å². The van der Waals surface area contributed by atoms with Crippen molar-refractivity contribution >= 4 is 34.1 Å². The van der Waals surface area contributed by atoms with Crippen LogP contribution in [0.25, 0.3) is 0 Å². The first-order valence-electron chi connectivity index (χ1n) is 9.55. The van der Waals surface area contributed by atoms with Crippen molar-refractivity contribution in [2.45, 2.75) is 20.4 Å². The summed E-state index contributed by atoms with van der Waals surface area (Å²) in [5.74, 6) is -2.41. The summed E-state index contributed by atoms with van der Waals surface area (Å²) < 4.78 is 14.2. The van der Waals surface area contributed by atoms with Gasteiger partial charge in [-0.25, -0.2) is 4.39 Å². The topological polar surface area (TPSA) is 92.5 Å². The second kappa shape index (κ2) is 9.53. The van der Waals surface area contributed by atoms with Crippen molar-refractivity contribution in [3.05, 3.63) is 87.5 Å². The van der Waals surface area contributed by atoms with Gasteiger partial charge < -0.3 is 16.0 Å². The van der Waals surface area contributed by atoms with Crippen molar-refractivity contribution < 1.29 is 18.8 Å². The summed E-state index contributed by atoms with van der Waals surface area (Å²) in [5.41, 5.74) is 7.09. The molecule has 2 aromatic carbocycles. The standard InChI is InChI=1S/C23H22FN3O3S/c1-14-15(2)31-22(20(14)21(25)29)26-19(28)13-27(12-16-8-4-3-5-9-16)23(30)17-10-6-7-11-18(17)24/h3-11H,12-13H2,1-2H3,(H2,25,29)(H,26,28). The third kappa shape index (κ3) is 5.16. The number of nitrogens with two attached hydrogens (primary N) is 1. The highest BCUT2D eigenvalue weighted by Gasteiger charge is 2.24. The summed E-state index contributed by atoms with van der Waals surface area (Å²) in [6.45, 7) is 3.37. The first-order chi connectivity index (χ1) is 14.8. The summed E-state index contributed by atoms with van der Waals surface area (Å²) in [6, 6.07) is 14.7. The largest absolute Gasteiger partial charge is 0.365 e. The fourth-order valence-electron chi connectivity index (χ4n) is 3.16. The molecular formula is C23H22FN3O3S. The number of hydrogen-bond donors (Lipinski definition) is 2. The maximum atomic E-state index is 14.2. The van der Waals surface area contributed by atoms with Crippen molar-refractivity contribution in [1.82, 2.24) is 4.90 Å². The molecule has 0 aliphatic heterocycles. The van der Waals surface area contributed by atoms with Crippen molar-refractivity contribution in [2.75, 3.05) is 11.9 Å². The van der Waals surface area contributed by atoms with Crippen LogP contribution < -0.4 is 11.1 Å². The van der Waals surface area contributed by atoms with E-state index in [2.05, 4.69) is 5.32 Å². The van der Waals surface area contributed by atoms with Gasteiger partial charge in [-0.2, -0.15) is 0 Å². The predicted octanol–water partition coefficient (Wildman–Crippen LogP) is 3.88. The van der Waals surface area contributed by atoms with Crippen LogP contribution in [0, 0.1) is 19.7 Å². The lowest BCUT2D eigenvalue weighted by Crippen LogP contribution is -2.38. The number of anilines is 1. The first kappa shape index (κ1) is 22.2. The molecule has 0 unspecified atom stereocenters. The SMILES string of the molecule is Cc1sc(NC(=O)CN(Cc2ccccc2)C(=O)c2ccccc2F)c(C(N)=O)c1C. The molecule has 160 valence electrons. The van der Waals surface area contributed by atoms with E-state index in [1.54, 1.807) is 13.0 Å². The minimum absolute atomic E-state index is 0.118. The highest BCUT2D eigenvalue weighted by Crippen LogP contribution is 2.32. The number of hydrogen-bond acceptors (Lipinski definition) is 4. The van der Waals surface area contributed by atoms with Gasteiger partial charge in [0.05, 0.1) is 11.1 Å². The van der Waals surface area contributed by atoms with E-state index in [-0.39, 0.29) is 24.2 Å². The summed E-state index contributed by atoms with van der Waals surface area (Å²) >= 11 is 1.24. The van der Waals surface area contributed by atoms with Gasteiger partial charge in [0.15, 0.2) is 0 Å². The molecule has 0 fully saturated rings. The van der Waals surface area contributed by atoms with Crippen molar-refractivity contribution in [3.8, 4) is 0 Å². The van der Waals surface area contributed by atoms with Gasteiger partial charge in [-0.05, 0) is 37.1 Å². The fourth-order valence-corrected chi connectivity index (χ4v) is 4.24. The summed E-state index contributed by atoms with van der Waals surface area (Å²) in [7, 11) is 0. The molecule has 3 rings (SSSR count). The van der Waals surface area contributed by atoms with E-state index in [4.69, 9.17) is 5.73 Å². The zero-order chi connectivity index (χ0) is 22.5. The predicted molar refractivity (Wildman–Crippen MR) is 119 cm³/mol. The number of carbonyl (C=O) groups is 3. The van der Waals surface area contributed by atoms with E-state index in [1.165, 1.54) is 34.4 Å². The van der Waals surface area contributed by atoms with Crippen molar-refractivity contribution in [3.63, 3.8) is 0 Å². The molecule has 0 bridgehead atoms.